The van der Waals surface area contributed by atoms with Crippen molar-refractivity contribution in [2.75, 3.05) is 13.3 Å². The quantitative estimate of drug-likeness (QED) is 0.203. The molecule has 3 N–H and O–H groups in total. The Hall–Kier alpha value is -3.38. The normalized spacial score (nSPS) is 24.8. The van der Waals surface area contributed by atoms with E-state index in [1.807, 2.05) is 10.9 Å². The van der Waals surface area contributed by atoms with E-state index in [1.54, 1.807) is 32.0 Å². The average molecular weight is 571 g/mol. The Morgan fingerprint density at radius 1 is 1.31 bits per heavy atom. The second-order valence-corrected chi connectivity index (χ2v) is 10.0. The van der Waals surface area contributed by atoms with Crippen LogP contribution < -0.4 is 15.8 Å². The van der Waals surface area contributed by atoms with E-state index in [2.05, 4.69) is 11.0 Å². The van der Waals surface area contributed by atoms with Crippen molar-refractivity contribution in [3.05, 3.63) is 57.4 Å². The summed E-state index contributed by atoms with van der Waals surface area (Å²) >= 11 is 0. The van der Waals surface area contributed by atoms with Crippen LogP contribution in [-0.4, -0.2) is 74.2 Å². The first kappa shape index (κ1) is 30.2. The molecule has 0 amide bonds. The standard InChI is InChI=1S/C23H27FN3O11P/c1-14(2)35-20(30)15(3)37-39(33,38-16-8-5-4-6-9-16)34-13-17-19(29)23(32,10-7-11-24)21(36-17)27-22(31)26-18(28)12-25-27/h4-6,8-9,12,14-15,17,19,21,29,32H,11,13H2,1-3H3,(H,26,28,31)/t15-,17+,19-,21+,23+,39-/m0/s1. The topological polar surface area (TPSA) is 188 Å². The van der Waals surface area contributed by atoms with Crippen LogP contribution >= 0.6 is 7.82 Å². The zero-order chi connectivity index (χ0) is 28.8. The van der Waals surface area contributed by atoms with E-state index in [4.69, 9.17) is 23.0 Å². The summed E-state index contributed by atoms with van der Waals surface area (Å²) in [4.78, 5) is 37.8. The number of H-pyrrole nitrogens is 1. The van der Waals surface area contributed by atoms with Crippen LogP contribution in [0.15, 0.2) is 46.1 Å². The van der Waals surface area contributed by atoms with Gasteiger partial charge >= 0.3 is 19.5 Å². The molecule has 212 valence electrons. The van der Waals surface area contributed by atoms with E-state index in [1.165, 1.54) is 19.1 Å². The number of aliphatic hydroxyl groups is 2. The van der Waals surface area contributed by atoms with Crippen molar-refractivity contribution in [3.8, 4) is 17.6 Å². The molecule has 0 aliphatic carbocycles. The van der Waals surface area contributed by atoms with E-state index in [0.717, 1.165) is 0 Å². The first-order valence-corrected chi connectivity index (χ1v) is 13.0. The Bertz CT molecular complexity index is 1370. The maximum Gasteiger partial charge on any atom is 0.530 e. The highest BCUT2D eigenvalue weighted by Crippen LogP contribution is 2.51. The highest BCUT2D eigenvalue weighted by molar-refractivity contribution is 7.49. The van der Waals surface area contributed by atoms with Crippen LogP contribution in [0.25, 0.3) is 0 Å². The molecule has 1 saturated heterocycles. The number of para-hydroxylation sites is 1. The van der Waals surface area contributed by atoms with Gasteiger partial charge in [-0.15, -0.1) is 0 Å². The van der Waals surface area contributed by atoms with Crippen LogP contribution in [0.2, 0.25) is 0 Å². The fourth-order valence-electron chi connectivity index (χ4n) is 3.41. The molecule has 16 heteroatoms. The number of alkyl halides is 1. The smallest absolute Gasteiger partial charge is 0.461 e. The van der Waals surface area contributed by atoms with Crippen molar-refractivity contribution >= 4 is 13.8 Å². The molecule has 1 fully saturated rings. The molecule has 39 heavy (non-hydrogen) atoms. The molecule has 0 bridgehead atoms. The third-order valence-corrected chi connectivity index (χ3v) is 6.60. The van der Waals surface area contributed by atoms with Crippen LogP contribution in [0.4, 0.5) is 4.39 Å². The monoisotopic (exact) mass is 571 g/mol. The maximum atomic E-state index is 13.6. The number of carbonyl (C=O) groups excluding carboxylic acids is 1. The average Bonchev–Trinajstić information content (AvgIpc) is 3.11. The van der Waals surface area contributed by atoms with Crippen molar-refractivity contribution in [2.45, 2.75) is 57.0 Å². The number of phosphoric acid groups is 1. The summed E-state index contributed by atoms with van der Waals surface area (Å²) in [6, 6.07) is 7.68. The molecule has 14 nitrogen and oxygen atoms in total. The summed E-state index contributed by atoms with van der Waals surface area (Å²) < 4.78 is 53.5. The predicted molar refractivity (Wildman–Crippen MR) is 130 cm³/mol. The van der Waals surface area contributed by atoms with Gasteiger partial charge in [0.25, 0.3) is 5.56 Å². The van der Waals surface area contributed by atoms with E-state index >= 15 is 0 Å². The molecule has 0 unspecified atom stereocenters. The molecule has 1 aromatic heterocycles. The van der Waals surface area contributed by atoms with Gasteiger partial charge in [-0.25, -0.2) is 18.5 Å². The number of hydrogen-bond acceptors (Lipinski definition) is 12. The Labute approximate surface area is 221 Å². The lowest BCUT2D eigenvalue weighted by Crippen LogP contribution is -2.49. The van der Waals surface area contributed by atoms with Crippen molar-refractivity contribution < 1.29 is 47.0 Å². The van der Waals surface area contributed by atoms with Crippen molar-refractivity contribution in [2.24, 2.45) is 0 Å². The lowest BCUT2D eigenvalue weighted by atomic mass is 9.95. The first-order chi connectivity index (χ1) is 18.4. The number of rotatable bonds is 10. The number of nitrogens with zero attached hydrogens (tertiary/aromatic N) is 2. The number of ether oxygens (including phenoxy) is 2. The van der Waals surface area contributed by atoms with Crippen molar-refractivity contribution in [3.63, 3.8) is 0 Å². The summed E-state index contributed by atoms with van der Waals surface area (Å²) in [5.74, 6) is 3.24. The van der Waals surface area contributed by atoms with Gasteiger partial charge in [0.05, 0.1) is 12.7 Å². The van der Waals surface area contributed by atoms with Gasteiger partial charge in [-0.05, 0) is 32.9 Å². The second kappa shape index (κ2) is 12.6. The molecule has 1 aliphatic rings. The number of phosphoric ester groups is 1. The minimum absolute atomic E-state index is 0.0466. The lowest BCUT2D eigenvalue weighted by molar-refractivity contribution is -0.156. The van der Waals surface area contributed by atoms with Gasteiger partial charge in [-0.1, -0.05) is 30.0 Å². The van der Waals surface area contributed by atoms with Crippen LogP contribution in [0.3, 0.4) is 0 Å². The van der Waals surface area contributed by atoms with Crippen LogP contribution in [0, 0.1) is 11.8 Å². The SMILES string of the molecule is CC(C)OC(=O)[C@H](C)O[P@](=O)(OC[C@H]1O[C@@H](n2ncc(=O)[nH]c2=O)[C@@](O)(C#CCF)[C@H]1O)Oc1ccccc1. The highest BCUT2D eigenvalue weighted by atomic mass is 31.2. The molecule has 0 spiro atoms. The largest absolute Gasteiger partial charge is 0.530 e. The number of hydrogen-bond donors (Lipinski definition) is 3. The van der Waals surface area contributed by atoms with Gasteiger partial charge in [-0.2, -0.15) is 9.78 Å². The Morgan fingerprint density at radius 2 is 2.00 bits per heavy atom. The summed E-state index contributed by atoms with van der Waals surface area (Å²) in [5.41, 5.74) is -4.59. The second-order valence-electron chi connectivity index (χ2n) is 8.50. The zero-order valence-electron chi connectivity index (χ0n) is 21.1. The predicted octanol–water partition coefficient (Wildman–Crippen LogP) is 0.454. The molecule has 0 radical (unpaired) electrons. The van der Waals surface area contributed by atoms with Gasteiger partial charge in [0.2, 0.25) is 5.60 Å². The van der Waals surface area contributed by atoms with Crippen LogP contribution in [0.1, 0.15) is 27.0 Å². The highest BCUT2D eigenvalue weighted by Gasteiger charge is 2.57. The number of benzene rings is 1. The van der Waals surface area contributed by atoms with E-state index in [9.17, 15) is 33.6 Å². The van der Waals surface area contributed by atoms with Crippen LogP contribution in [-0.2, 0) is 27.9 Å². The van der Waals surface area contributed by atoms with Crippen molar-refractivity contribution in [1.82, 2.24) is 14.8 Å². The number of esters is 1. The number of aliphatic hydroxyl groups excluding tert-OH is 1. The van der Waals surface area contributed by atoms with Gasteiger partial charge in [0, 0.05) is 0 Å². The van der Waals surface area contributed by atoms with Crippen molar-refractivity contribution in [1.29, 1.82) is 0 Å². The summed E-state index contributed by atoms with van der Waals surface area (Å²) in [6.45, 7) is 2.45. The molecule has 0 saturated carbocycles. The Balaban J connectivity index is 1.88. The number of nitrogens with one attached hydrogen (secondary N) is 1. The zero-order valence-corrected chi connectivity index (χ0v) is 21.9. The van der Waals surface area contributed by atoms with E-state index in [0.29, 0.717) is 10.9 Å². The van der Waals surface area contributed by atoms with E-state index in [-0.39, 0.29) is 5.75 Å². The minimum atomic E-state index is -4.65. The molecule has 2 heterocycles. The summed E-state index contributed by atoms with van der Waals surface area (Å²) in [6.07, 6.45) is -6.59. The Morgan fingerprint density at radius 3 is 2.62 bits per heavy atom. The fourth-order valence-corrected chi connectivity index (χ4v) is 4.75. The van der Waals surface area contributed by atoms with Gasteiger partial charge in [0.1, 0.15) is 30.8 Å². The molecular formula is C23H27FN3O11P. The number of aromatic nitrogens is 3. The molecule has 6 atom stereocenters. The first-order valence-electron chi connectivity index (χ1n) is 11.6. The summed E-state index contributed by atoms with van der Waals surface area (Å²) in [7, 11) is -4.65. The van der Waals surface area contributed by atoms with Gasteiger partial charge < -0.3 is 24.2 Å². The molecule has 2 aromatic rings. The third-order valence-electron chi connectivity index (χ3n) is 5.13. The summed E-state index contributed by atoms with van der Waals surface area (Å²) in [5, 5.41) is 25.5. The third kappa shape index (κ3) is 7.39. The minimum Gasteiger partial charge on any atom is -0.461 e. The van der Waals surface area contributed by atoms with Gasteiger partial charge in [-0.3, -0.25) is 18.8 Å². The number of carbonyl (C=O) groups is 1. The molecule has 3 rings (SSSR count). The molecule has 1 aliphatic heterocycles. The van der Waals surface area contributed by atoms with E-state index < -0.39 is 74.6 Å². The lowest BCUT2D eigenvalue weighted by Gasteiger charge is -2.25. The fraction of sp³-hybridized carbons (Fsp3) is 0.478. The molecular weight excluding hydrogens is 544 g/mol. The Kier molecular flexibility index (Phi) is 9.78. The number of halogens is 1. The number of aromatic amines is 1. The van der Waals surface area contributed by atoms with Gasteiger partial charge in [0.15, 0.2) is 12.3 Å². The van der Waals surface area contributed by atoms with Crippen LogP contribution in [0.5, 0.6) is 5.75 Å². The maximum absolute atomic E-state index is 13.6. The molecule has 1 aromatic carbocycles.